The van der Waals surface area contributed by atoms with Crippen molar-refractivity contribution in [1.29, 1.82) is 0 Å². The first kappa shape index (κ1) is 25.0. The van der Waals surface area contributed by atoms with Gasteiger partial charge < -0.3 is 24.8 Å². The Balaban J connectivity index is 0.000000357. The maximum absolute atomic E-state index is 2.23. The van der Waals surface area contributed by atoms with Crippen LogP contribution in [-0.2, 0) is 24.2 Å². The topological polar surface area (TPSA) is 0 Å². The first-order chi connectivity index (χ1) is 11.6. The Bertz CT molecular complexity index is 761. The summed E-state index contributed by atoms with van der Waals surface area (Å²) in [7, 11) is 0. The average Bonchev–Trinajstić information content (AvgIpc) is 3.24. The van der Waals surface area contributed by atoms with E-state index in [2.05, 4.69) is 106 Å². The van der Waals surface area contributed by atoms with Crippen LogP contribution in [0.25, 0.3) is 21.5 Å². The Morgan fingerprint density at radius 2 is 1.08 bits per heavy atom. The summed E-state index contributed by atoms with van der Waals surface area (Å²) in [5, 5.41) is 5.32. The Hall–Kier alpha value is -1.01. The van der Waals surface area contributed by atoms with E-state index in [0.29, 0.717) is 0 Å². The fourth-order valence-electron chi connectivity index (χ4n) is 2.14. The van der Waals surface area contributed by atoms with Crippen LogP contribution in [0.1, 0.15) is 20.8 Å². The van der Waals surface area contributed by atoms with Gasteiger partial charge in [-0.05, 0) is 0 Å². The van der Waals surface area contributed by atoms with E-state index >= 15 is 0 Å². The van der Waals surface area contributed by atoms with Crippen LogP contribution in [0.5, 0.6) is 0 Å². The van der Waals surface area contributed by atoms with E-state index in [4.69, 9.17) is 0 Å². The Morgan fingerprint density at radius 3 is 1.38 bits per heavy atom. The van der Waals surface area contributed by atoms with E-state index in [9.17, 15) is 0 Å². The molecule has 0 fully saturated rings. The number of halogens is 2. The second-order valence-corrected chi connectivity index (χ2v) is 8.09. The zero-order valence-corrected chi connectivity index (χ0v) is 19.4. The monoisotopic (exact) mass is 460 g/mol. The molecule has 0 nitrogen and oxygen atoms in total. The van der Waals surface area contributed by atoms with Crippen LogP contribution < -0.4 is 24.8 Å². The van der Waals surface area contributed by atoms with Crippen molar-refractivity contribution in [1.82, 2.24) is 0 Å². The molecule has 4 rings (SSSR count). The number of hydrogen-bond acceptors (Lipinski definition) is 0. The molecular weight excluding hydrogens is 438 g/mol. The standard InChI is InChI=1S/2C9H7.C5H10.2ClH.Zr/c2*1-2-5-9-7-3-6-8(9)4-1;1-4-5(2)3;;;/h2*1-7H;5H,1-3H3;2*1H;/q2*-1;;;;+2/p-2. The van der Waals surface area contributed by atoms with Gasteiger partial charge in [-0.3, -0.25) is 0 Å². The van der Waals surface area contributed by atoms with Gasteiger partial charge in [0.25, 0.3) is 0 Å². The number of benzene rings is 2. The van der Waals surface area contributed by atoms with Crippen LogP contribution in [0.3, 0.4) is 0 Å². The third-order valence-corrected chi connectivity index (χ3v) is 5.38. The van der Waals surface area contributed by atoms with Gasteiger partial charge in [0.2, 0.25) is 0 Å². The maximum Gasteiger partial charge on any atom is -0.0809 e. The molecule has 3 heteroatoms. The van der Waals surface area contributed by atoms with Crippen molar-refractivity contribution in [3.8, 4) is 0 Å². The van der Waals surface area contributed by atoms with Crippen LogP contribution in [0, 0.1) is 5.92 Å². The van der Waals surface area contributed by atoms with Gasteiger partial charge in [0.05, 0.1) is 0 Å². The molecule has 0 aromatic heterocycles. The molecule has 0 N–H and O–H groups in total. The first-order valence-electron chi connectivity index (χ1n) is 8.34. The molecular formula is C23H24Cl2Zr-2. The Morgan fingerprint density at radius 1 is 0.731 bits per heavy atom. The molecule has 0 aliphatic rings. The van der Waals surface area contributed by atoms with Gasteiger partial charge in [-0.25, -0.2) is 0 Å². The second-order valence-electron chi connectivity index (χ2n) is 6.15. The number of rotatable bonds is 1. The molecule has 4 aromatic rings. The molecule has 4 aromatic carbocycles. The molecule has 26 heavy (non-hydrogen) atoms. The molecule has 0 aliphatic carbocycles. The smallest absolute Gasteiger partial charge is 0.0809 e. The molecule has 0 unspecified atom stereocenters. The molecule has 0 atom stereocenters. The van der Waals surface area contributed by atoms with Gasteiger partial charge in [-0.15, -0.1) is 59.3 Å². The molecule has 0 heterocycles. The fourth-order valence-corrected chi connectivity index (χ4v) is 2.14. The van der Waals surface area contributed by atoms with E-state index in [1.165, 1.54) is 21.5 Å². The molecule has 0 amide bonds. The molecule has 0 radical (unpaired) electrons. The minimum absolute atomic E-state index is 0. The van der Waals surface area contributed by atoms with E-state index in [1.807, 2.05) is 0 Å². The Kier molecular flexibility index (Phi) is 12.7. The van der Waals surface area contributed by atoms with Crippen molar-refractivity contribution in [2.75, 3.05) is 0 Å². The van der Waals surface area contributed by atoms with Gasteiger partial charge in [0.1, 0.15) is 0 Å². The van der Waals surface area contributed by atoms with E-state index in [1.54, 1.807) is 27.4 Å². The van der Waals surface area contributed by atoms with Crippen LogP contribution in [0.4, 0.5) is 0 Å². The SMILES string of the molecule is C[C](=[Zr+2])C(C)C.[Cl-].[Cl-].c1ccc2[cH-]ccc2c1.c1ccc2[cH-]ccc2c1. The second kappa shape index (κ2) is 13.2. The maximum atomic E-state index is 2.23. The van der Waals surface area contributed by atoms with Crippen LogP contribution in [0.2, 0.25) is 0 Å². The molecule has 0 spiro atoms. The van der Waals surface area contributed by atoms with Gasteiger partial charge in [0.15, 0.2) is 0 Å². The minimum Gasteiger partial charge on any atom is -1.00 e. The minimum atomic E-state index is 0. The van der Waals surface area contributed by atoms with Crippen LogP contribution in [0.15, 0.2) is 84.9 Å². The molecule has 136 valence electrons. The van der Waals surface area contributed by atoms with Crippen molar-refractivity contribution in [3.05, 3.63) is 84.9 Å². The summed E-state index contributed by atoms with van der Waals surface area (Å²) in [5.74, 6) is 0.809. The van der Waals surface area contributed by atoms with Crippen molar-refractivity contribution >= 4 is 24.8 Å². The molecule has 0 saturated carbocycles. The summed E-state index contributed by atoms with van der Waals surface area (Å²) in [4.78, 5) is 0. The van der Waals surface area contributed by atoms with Gasteiger partial charge in [0, 0.05) is 0 Å². The molecule has 0 aliphatic heterocycles. The summed E-state index contributed by atoms with van der Waals surface area (Å²) in [6.45, 7) is 6.65. The molecule has 0 bridgehead atoms. The Labute approximate surface area is 184 Å². The van der Waals surface area contributed by atoms with Crippen molar-refractivity contribution in [2.24, 2.45) is 5.92 Å². The van der Waals surface area contributed by atoms with E-state index in [-0.39, 0.29) is 24.8 Å². The summed E-state index contributed by atoms with van der Waals surface area (Å²) in [6.07, 6.45) is 0. The quantitative estimate of drug-likeness (QED) is 0.362. The van der Waals surface area contributed by atoms with Gasteiger partial charge in [-0.1, -0.05) is 12.1 Å². The summed E-state index contributed by atoms with van der Waals surface area (Å²) < 4.78 is 1.60. The summed E-state index contributed by atoms with van der Waals surface area (Å²) in [6, 6.07) is 29.3. The van der Waals surface area contributed by atoms with Gasteiger partial charge in [-0.2, -0.15) is 35.0 Å². The van der Waals surface area contributed by atoms with Crippen LogP contribution in [-0.4, -0.2) is 3.21 Å². The fraction of sp³-hybridized carbons (Fsp3) is 0.174. The number of fused-ring (bicyclic) bond motifs is 2. The van der Waals surface area contributed by atoms with E-state index < -0.39 is 0 Å². The third kappa shape index (κ3) is 8.13. The predicted octanol–water partition coefficient (Wildman–Crippen LogP) is 0.507. The zero-order chi connectivity index (χ0) is 17.4. The van der Waals surface area contributed by atoms with Gasteiger partial charge >= 0.3 is 54.1 Å². The van der Waals surface area contributed by atoms with Crippen LogP contribution >= 0.6 is 0 Å². The first-order valence-corrected chi connectivity index (χ1v) is 9.57. The molecule has 0 saturated heterocycles. The zero-order valence-electron chi connectivity index (χ0n) is 15.4. The van der Waals surface area contributed by atoms with Crippen molar-refractivity contribution in [3.63, 3.8) is 0 Å². The average molecular weight is 463 g/mol. The summed E-state index contributed by atoms with van der Waals surface area (Å²) in [5.41, 5.74) is 0. The third-order valence-electron chi connectivity index (χ3n) is 3.96. The predicted molar refractivity (Wildman–Crippen MR) is 105 cm³/mol. The van der Waals surface area contributed by atoms with Crippen molar-refractivity contribution in [2.45, 2.75) is 20.8 Å². The van der Waals surface area contributed by atoms with E-state index in [0.717, 1.165) is 5.92 Å². The largest absolute Gasteiger partial charge is 1.00 e. The summed E-state index contributed by atoms with van der Waals surface area (Å²) >= 11 is 1.58. The normalized spacial score (nSPS) is 9.31. The van der Waals surface area contributed by atoms with Crippen molar-refractivity contribution < 1.29 is 49.0 Å². The number of hydrogen-bond donors (Lipinski definition) is 0.